The van der Waals surface area contributed by atoms with Crippen LogP contribution in [0.25, 0.3) is 0 Å². The fourth-order valence-electron chi connectivity index (χ4n) is 3.16. The summed E-state index contributed by atoms with van der Waals surface area (Å²) in [7, 11) is 0. The van der Waals surface area contributed by atoms with Gasteiger partial charge in [0.25, 0.3) is 5.91 Å². The Morgan fingerprint density at radius 1 is 1.39 bits per heavy atom. The largest absolute Gasteiger partial charge is 0.351 e. The lowest BCUT2D eigenvalue weighted by Crippen LogP contribution is -2.40. The van der Waals surface area contributed by atoms with Crippen LogP contribution in [0.2, 0.25) is 0 Å². The van der Waals surface area contributed by atoms with Gasteiger partial charge in [-0.05, 0) is 50.7 Å². The van der Waals surface area contributed by atoms with Crippen LogP contribution in [0.5, 0.6) is 0 Å². The molecule has 5 heteroatoms. The van der Waals surface area contributed by atoms with Crippen LogP contribution >= 0.6 is 0 Å². The summed E-state index contributed by atoms with van der Waals surface area (Å²) in [5, 5.41) is 3.91. The van der Waals surface area contributed by atoms with Gasteiger partial charge in [-0.15, -0.1) is 0 Å². The highest BCUT2D eigenvalue weighted by Crippen LogP contribution is 2.22. The maximum absolute atomic E-state index is 12.6. The molecule has 1 aliphatic heterocycles. The third-order valence-corrected chi connectivity index (χ3v) is 4.38. The molecular weight excluding hydrogens is 290 g/mol. The smallest absolute Gasteiger partial charge is 0.292 e. The lowest BCUT2D eigenvalue weighted by molar-refractivity contribution is 0.0631. The zero-order chi connectivity index (χ0) is 16.2. The summed E-state index contributed by atoms with van der Waals surface area (Å²) in [6, 6.07) is 7.88. The number of nitrogens with zero attached hydrogens (tertiary/aromatic N) is 3. The number of aromatic nitrogens is 2. The van der Waals surface area contributed by atoms with E-state index in [9.17, 15) is 4.79 Å². The number of hydrogen-bond donors (Lipinski definition) is 0. The van der Waals surface area contributed by atoms with Crippen LogP contribution in [0.4, 0.5) is 0 Å². The van der Waals surface area contributed by atoms with Gasteiger partial charge >= 0.3 is 0 Å². The summed E-state index contributed by atoms with van der Waals surface area (Å²) in [5.74, 6) is 0.769. The summed E-state index contributed by atoms with van der Waals surface area (Å²) in [6.07, 6.45) is 3.85. The Kier molecular flexibility index (Phi) is 4.74. The molecule has 0 radical (unpaired) electrons. The minimum atomic E-state index is -0.0425. The second-order valence-corrected chi connectivity index (χ2v) is 6.27. The molecule has 5 nitrogen and oxygen atoms in total. The van der Waals surface area contributed by atoms with Gasteiger partial charge in [0.15, 0.2) is 0 Å². The van der Waals surface area contributed by atoms with Crippen molar-refractivity contribution in [2.45, 2.75) is 39.5 Å². The summed E-state index contributed by atoms with van der Waals surface area (Å²) in [4.78, 5) is 19.0. The Morgan fingerprint density at radius 2 is 2.26 bits per heavy atom. The number of carbonyl (C=O) groups excluding carboxylic acids is 1. The average Bonchev–Trinajstić information content (AvgIpc) is 3.03. The molecule has 3 heterocycles. The van der Waals surface area contributed by atoms with Gasteiger partial charge < -0.3 is 9.42 Å². The molecule has 0 aromatic carbocycles. The second-order valence-electron chi connectivity index (χ2n) is 6.27. The molecule has 0 saturated carbocycles. The van der Waals surface area contributed by atoms with E-state index in [1.54, 1.807) is 6.07 Å². The maximum Gasteiger partial charge on any atom is 0.292 e. The third kappa shape index (κ3) is 3.78. The number of hydrogen-bond acceptors (Lipinski definition) is 4. The molecular formula is C18H23N3O2. The second kappa shape index (κ2) is 6.94. The Labute approximate surface area is 136 Å². The average molecular weight is 313 g/mol. The quantitative estimate of drug-likeness (QED) is 0.870. The molecule has 1 amide bonds. The van der Waals surface area contributed by atoms with E-state index >= 15 is 0 Å². The fourth-order valence-corrected chi connectivity index (χ4v) is 3.16. The van der Waals surface area contributed by atoms with E-state index < -0.39 is 0 Å². The summed E-state index contributed by atoms with van der Waals surface area (Å²) >= 11 is 0. The number of pyridine rings is 1. The monoisotopic (exact) mass is 313 g/mol. The van der Waals surface area contributed by atoms with Crippen LogP contribution in [-0.4, -0.2) is 34.0 Å². The topological polar surface area (TPSA) is 59.2 Å². The van der Waals surface area contributed by atoms with E-state index in [1.807, 2.05) is 30.9 Å². The van der Waals surface area contributed by atoms with Gasteiger partial charge in [0.1, 0.15) is 0 Å². The summed E-state index contributed by atoms with van der Waals surface area (Å²) in [5.41, 5.74) is 2.98. The maximum atomic E-state index is 12.6. The molecule has 1 fully saturated rings. The van der Waals surface area contributed by atoms with Crippen molar-refractivity contribution in [3.63, 3.8) is 0 Å². The first-order chi connectivity index (χ1) is 11.2. The summed E-state index contributed by atoms with van der Waals surface area (Å²) in [6.45, 7) is 5.56. The molecule has 0 N–H and O–H groups in total. The van der Waals surface area contributed by atoms with Crippen molar-refractivity contribution in [3.05, 3.63) is 47.1 Å². The zero-order valence-electron chi connectivity index (χ0n) is 13.8. The molecule has 0 aliphatic carbocycles. The Hall–Kier alpha value is -2.17. The molecule has 23 heavy (non-hydrogen) atoms. The molecule has 1 atom stereocenters. The van der Waals surface area contributed by atoms with Crippen molar-refractivity contribution in [3.8, 4) is 0 Å². The van der Waals surface area contributed by atoms with E-state index in [-0.39, 0.29) is 5.91 Å². The number of rotatable bonds is 4. The van der Waals surface area contributed by atoms with Gasteiger partial charge in [-0.3, -0.25) is 9.78 Å². The molecule has 1 unspecified atom stereocenters. The lowest BCUT2D eigenvalue weighted by atomic mass is 9.93. The van der Waals surface area contributed by atoms with Crippen molar-refractivity contribution in [2.24, 2.45) is 5.92 Å². The summed E-state index contributed by atoms with van der Waals surface area (Å²) < 4.78 is 5.19. The van der Waals surface area contributed by atoms with Crippen LogP contribution in [0, 0.1) is 12.8 Å². The number of amides is 1. The van der Waals surface area contributed by atoms with Gasteiger partial charge in [-0.2, -0.15) is 0 Å². The Balaban J connectivity index is 1.64. The van der Waals surface area contributed by atoms with Crippen molar-refractivity contribution >= 4 is 5.91 Å². The van der Waals surface area contributed by atoms with Gasteiger partial charge in [-0.1, -0.05) is 18.1 Å². The van der Waals surface area contributed by atoms with Crippen LogP contribution in [0.15, 0.2) is 28.8 Å². The van der Waals surface area contributed by atoms with Crippen molar-refractivity contribution in [2.75, 3.05) is 13.1 Å². The first-order valence-corrected chi connectivity index (χ1v) is 8.33. The SMILES string of the molecule is CCc1cc(C(=O)N2CCCC(Cc3cccc(C)n3)C2)on1. The van der Waals surface area contributed by atoms with Gasteiger partial charge in [0, 0.05) is 30.5 Å². The molecule has 1 aliphatic rings. The van der Waals surface area contributed by atoms with Gasteiger partial charge in [0.2, 0.25) is 5.76 Å². The molecule has 0 spiro atoms. The fraction of sp³-hybridized carbons (Fsp3) is 0.500. The predicted molar refractivity (Wildman–Crippen MR) is 87.2 cm³/mol. The van der Waals surface area contributed by atoms with Crippen LogP contribution in [-0.2, 0) is 12.8 Å². The highest BCUT2D eigenvalue weighted by atomic mass is 16.5. The van der Waals surface area contributed by atoms with Gasteiger partial charge in [-0.25, -0.2) is 0 Å². The standard InChI is InChI=1S/C18H23N3O2/c1-3-15-11-17(23-20-15)18(22)21-9-5-7-14(12-21)10-16-8-4-6-13(2)19-16/h4,6,8,11,14H,3,5,7,9-10,12H2,1-2H3. The van der Waals surface area contributed by atoms with Crippen LogP contribution in [0.3, 0.4) is 0 Å². The van der Waals surface area contributed by atoms with E-state index in [4.69, 9.17) is 4.52 Å². The molecule has 3 rings (SSSR count). The number of aryl methyl sites for hydroxylation is 2. The molecule has 0 bridgehead atoms. The van der Waals surface area contributed by atoms with E-state index in [1.165, 1.54) is 0 Å². The first kappa shape index (κ1) is 15.7. The molecule has 2 aromatic heterocycles. The van der Waals surface area contributed by atoms with Gasteiger partial charge in [0.05, 0.1) is 5.69 Å². The molecule has 2 aromatic rings. The van der Waals surface area contributed by atoms with Crippen molar-refractivity contribution < 1.29 is 9.32 Å². The van der Waals surface area contributed by atoms with Crippen LogP contribution in [0.1, 0.15) is 47.4 Å². The molecule has 122 valence electrons. The van der Waals surface area contributed by atoms with E-state index in [0.29, 0.717) is 11.7 Å². The van der Waals surface area contributed by atoms with Crippen molar-refractivity contribution in [1.82, 2.24) is 15.0 Å². The number of carbonyl (C=O) groups is 1. The zero-order valence-corrected chi connectivity index (χ0v) is 13.8. The predicted octanol–water partition coefficient (Wildman–Crippen LogP) is 3.04. The van der Waals surface area contributed by atoms with E-state index in [2.05, 4.69) is 16.2 Å². The third-order valence-electron chi connectivity index (χ3n) is 4.38. The Bertz CT molecular complexity index is 680. The molecule has 1 saturated heterocycles. The highest BCUT2D eigenvalue weighted by molar-refractivity contribution is 5.91. The normalized spacial score (nSPS) is 18.2. The minimum Gasteiger partial charge on any atom is -0.351 e. The van der Waals surface area contributed by atoms with Crippen LogP contribution < -0.4 is 0 Å². The Morgan fingerprint density at radius 3 is 3.00 bits per heavy atom. The number of piperidine rings is 1. The highest BCUT2D eigenvalue weighted by Gasteiger charge is 2.27. The lowest BCUT2D eigenvalue weighted by Gasteiger charge is -2.32. The number of likely N-dealkylation sites (tertiary alicyclic amines) is 1. The van der Waals surface area contributed by atoms with Crippen molar-refractivity contribution in [1.29, 1.82) is 0 Å². The first-order valence-electron chi connectivity index (χ1n) is 8.33. The van der Waals surface area contributed by atoms with E-state index in [0.717, 1.165) is 55.9 Å². The minimum absolute atomic E-state index is 0.0425.